The zero-order chi connectivity index (χ0) is 12.0. The van der Waals surface area contributed by atoms with E-state index in [2.05, 4.69) is 39.9 Å². The van der Waals surface area contributed by atoms with Crippen LogP contribution in [-0.2, 0) is 4.74 Å². The first kappa shape index (κ1) is 12.4. The van der Waals surface area contributed by atoms with E-state index in [0.717, 1.165) is 6.61 Å². The molecule has 2 fully saturated rings. The third-order valence-electron chi connectivity index (χ3n) is 5.08. The first-order chi connectivity index (χ1) is 7.40. The molecule has 3 atom stereocenters. The number of rotatable bonds is 5. The summed E-state index contributed by atoms with van der Waals surface area (Å²) in [5, 5.41) is 3.82. The maximum absolute atomic E-state index is 5.77. The van der Waals surface area contributed by atoms with E-state index in [1.165, 1.54) is 19.3 Å². The molecule has 0 aromatic heterocycles. The SMILES string of the molecule is CCOC1CC(NC(C)C2(C)CC2)C1(C)C. The summed E-state index contributed by atoms with van der Waals surface area (Å²) in [7, 11) is 0. The van der Waals surface area contributed by atoms with E-state index in [0.29, 0.717) is 29.0 Å². The van der Waals surface area contributed by atoms with Crippen molar-refractivity contribution in [1.82, 2.24) is 5.32 Å². The van der Waals surface area contributed by atoms with Gasteiger partial charge in [-0.1, -0.05) is 20.8 Å². The molecule has 2 aliphatic carbocycles. The topological polar surface area (TPSA) is 21.3 Å². The lowest BCUT2D eigenvalue weighted by Gasteiger charge is -2.53. The van der Waals surface area contributed by atoms with Gasteiger partial charge in [0.05, 0.1) is 6.10 Å². The molecule has 0 saturated heterocycles. The quantitative estimate of drug-likeness (QED) is 0.776. The highest BCUT2D eigenvalue weighted by Crippen LogP contribution is 2.50. The Hall–Kier alpha value is -0.0800. The van der Waals surface area contributed by atoms with Gasteiger partial charge in [0.2, 0.25) is 0 Å². The molecular formula is C14H27NO. The molecular weight excluding hydrogens is 198 g/mol. The average Bonchev–Trinajstić information content (AvgIpc) is 2.96. The molecule has 0 radical (unpaired) electrons. The van der Waals surface area contributed by atoms with E-state index in [4.69, 9.17) is 4.74 Å². The summed E-state index contributed by atoms with van der Waals surface area (Å²) in [5.74, 6) is 0. The van der Waals surface area contributed by atoms with Gasteiger partial charge >= 0.3 is 0 Å². The minimum atomic E-state index is 0.301. The Morgan fingerprint density at radius 3 is 2.38 bits per heavy atom. The molecule has 0 aromatic carbocycles. The Kier molecular flexibility index (Phi) is 3.09. The normalized spacial score (nSPS) is 36.6. The summed E-state index contributed by atoms with van der Waals surface area (Å²) >= 11 is 0. The van der Waals surface area contributed by atoms with Crippen molar-refractivity contribution >= 4 is 0 Å². The zero-order valence-electron chi connectivity index (χ0n) is 11.5. The molecule has 1 N–H and O–H groups in total. The number of hydrogen-bond donors (Lipinski definition) is 1. The molecule has 2 saturated carbocycles. The largest absolute Gasteiger partial charge is 0.378 e. The van der Waals surface area contributed by atoms with Crippen LogP contribution in [0.3, 0.4) is 0 Å². The zero-order valence-corrected chi connectivity index (χ0v) is 11.5. The fourth-order valence-electron chi connectivity index (χ4n) is 2.79. The Morgan fingerprint density at radius 2 is 1.94 bits per heavy atom. The van der Waals surface area contributed by atoms with Crippen LogP contribution >= 0.6 is 0 Å². The van der Waals surface area contributed by atoms with Gasteiger partial charge in [-0.3, -0.25) is 0 Å². The molecule has 94 valence electrons. The summed E-state index contributed by atoms with van der Waals surface area (Å²) < 4.78 is 5.77. The van der Waals surface area contributed by atoms with Crippen molar-refractivity contribution in [2.75, 3.05) is 6.61 Å². The fraction of sp³-hybridized carbons (Fsp3) is 1.00. The Bertz CT molecular complexity index is 257. The molecule has 2 aliphatic rings. The summed E-state index contributed by atoms with van der Waals surface area (Å²) in [6.07, 6.45) is 4.42. The fourth-order valence-corrected chi connectivity index (χ4v) is 2.79. The van der Waals surface area contributed by atoms with E-state index < -0.39 is 0 Å². The number of nitrogens with one attached hydrogen (secondary N) is 1. The third kappa shape index (κ3) is 2.02. The summed E-state index contributed by atoms with van der Waals surface area (Å²) in [6.45, 7) is 12.3. The molecule has 2 heteroatoms. The third-order valence-corrected chi connectivity index (χ3v) is 5.08. The number of ether oxygens (including phenoxy) is 1. The van der Waals surface area contributed by atoms with Crippen LogP contribution in [0.25, 0.3) is 0 Å². The minimum absolute atomic E-state index is 0.301. The van der Waals surface area contributed by atoms with Gasteiger partial charge in [0, 0.05) is 24.1 Å². The van der Waals surface area contributed by atoms with E-state index in [-0.39, 0.29) is 0 Å². The molecule has 0 bridgehead atoms. The lowest BCUT2D eigenvalue weighted by atomic mass is 9.64. The summed E-state index contributed by atoms with van der Waals surface area (Å²) in [5.41, 5.74) is 0.877. The van der Waals surface area contributed by atoms with Gasteiger partial charge in [0.25, 0.3) is 0 Å². The van der Waals surface area contributed by atoms with Crippen molar-refractivity contribution in [2.45, 2.75) is 72.1 Å². The van der Waals surface area contributed by atoms with E-state index in [9.17, 15) is 0 Å². The highest BCUT2D eigenvalue weighted by molar-refractivity contribution is 5.06. The van der Waals surface area contributed by atoms with Crippen LogP contribution in [0.5, 0.6) is 0 Å². The van der Waals surface area contributed by atoms with Crippen LogP contribution in [0.1, 0.15) is 53.9 Å². The Labute approximate surface area is 100 Å². The second kappa shape index (κ2) is 3.99. The lowest BCUT2D eigenvalue weighted by Crippen LogP contribution is -2.63. The van der Waals surface area contributed by atoms with Gasteiger partial charge in [-0.2, -0.15) is 0 Å². The van der Waals surface area contributed by atoms with Gasteiger partial charge in [-0.05, 0) is 38.5 Å². The van der Waals surface area contributed by atoms with Crippen molar-refractivity contribution in [2.24, 2.45) is 10.8 Å². The van der Waals surface area contributed by atoms with Crippen molar-refractivity contribution in [1.29, 1.82) is 0 Å². The van der Waals surface area contributed by atoms with Crippen molar-refractivity contribution < 1.29 is 4.74 Å². The van der Waals surface area contributed by atoms with E-state index in [1.807, 2.05) is 0 Å². The maximum Gasteiger partial charge on any atom is 0.0655 e. The molecule has 0 heterocycles. The standard InChI is InChI=1S/C14H27NO/c1-6-16-12-9-11(13(12,3)4)15-10(2)14(5)7-8-14/h10-12,15H,6-9H2,1-5H3. The van der Waals surface area contributed by atoms with Gasteiger partial charge in [0.1, 0.15) is 0 Å². The lowest BCUT2D eigenvalue weighted by molar-refractivity contribution is -0.117. The molecule has 2 nitrogen and oxygen atoms in total. The van der Waals surface area contributed by atoms with E-state index in [1.54, 1.807) is 0 Å². The molecule has 3 unspecified atom stereocenters. The summed E-state index contributed by atoms with van der Waals surface area (Å²) in [4.78, 5) is 0. The Balaban J connectivity index is 1.84. The second-order valence-electron chi connectivity index (χ2n) is 6.60. The molecule has 16 heavy (non-hydrogen) atoms. The van der Waals surface area contributed by atoms with Crippen LogP contribution in [0, 0.1) is 10.8 Å². The van der Waals surface area contributed by atoms with Gasteiger partial charge in [0.15, 0.2) is 0 Å². The smallest absolute Gasteiger partial charge is 0.0655 e. The predicted octanol–water partition coefficient (Wildman–Crippen LogP) is 2.97. The molecule has 0 aromatic rings. The average molecular weight is 225 g/mol. The monoisotopic (exact) mass is 225 g/mol. The Morgan fingerprint density at radius 1 is 1.31 bits per heavy atom. The second-order valence-corrected chi connectivity index (χ2v) is 6.60. The summed E-state index contributed by atoms with van der Waals surface area (Å²) in [6, 6.07) is 1.29. The molecule has 0 spiro atoms. The van der Waals surface area contributed by atoms with Gasteiger partial charge < -0.3 is 10.1 Å². The van der Waals surface area contributed by atoms with Crippen molar-refractivity contribution in [3.63, 3.8) is 0 Å². The van der Waals surface area contributed by atoms with E-state index >= 15 is 0 Å². The minimum Gasteiger partial charge on any atom is -0.378 e. The molecule has 0 aliphatic heterocycles. The van der Waals surface area contributed by atoms with Crippen LogP contribution in [0.2, 0.25) is 0 Å². The van der Waals surface area contributed by atoms with Crippen LogP contribution in [0.4, 0.5) is 0 Å². The van der Waals surface area contributed by atoms with Gasteiger partial charge in [-0.15, -0.1) is 0 Å². The molecule has 0 amide bonds. The number of hydrogen-bond acceptors (Lipinski definition) is 2. The van der Waals surface area contributed by atoms with Crippen LogP contribution < -0.4 is 5.32 Å². The predicted molar refractivity (Wildman–Crippen MR) is 67.5 cm³/mol. The maximum atomic E-state index is 5.77. The first-order valence-electron chi connectivity index (χ1n) is 6.78. The van der Waals surface area contributed by atoms with Crippen molar-refractivity contribution in [3.05, 3.63) is 0 Å². The van der Waals surface area contributed by atoms with Crippen LogP contribution in [-0.4, -0.2) is 24.8 Å². The highest BCUT2D eigenvalue weighted by Gasteiger charge is 2.51. The van der Waals surface area contributed by atoms with Crippen LogP contribution in [0.15, 0.2) is 0 Å². The first-order valence-corrected chi connectivity index (χ1v) is 6.78. The van der Waals surface area contributed by atoms with Gasteiger partial charge in [-0.25, -0.2) is 0 Å². The molecule has 2 rings (SSSR count). The highest BCUT2D eigenvalue weighted by atomic mass is 16.5. The van der Waals surface area contributed by atoms with Crippen molar-refractivity contribution in [3.8, 4) is 0 Å².